The van der Waals surface area contributed by atoms with E-state index >= 15 is 0 Å². The van der Waals surface area contributed by atoms with Crippen molar-refractivity contribution in [2.45, 2.75) is 62.3 Å². The lowest BCUT2D eigenvalue weighted by molar-refractivity contribution is -0.203. The molecule has 0 saturated carbocycles. The van der Waals surface area contributed by atoms with Crippen molar-refractivity contribution in [1.82, 2.24) is 0 Å². The van der Waals surface area contributed by atoms with Gasteiger partial charge in [-0.2, -0.15) is 0 Å². The van der Waals surface area contributed by atoms with E-state index in [2.05, 4.69) is 127 Å². The van der Waals surface area contributed by atoms with E-state index in [9.17, 15) is 0 Å². The Bertz CT molecular complexity index is 1620. The maximum Gasteiger partial charge on any atom is 0.193 e. The van der Waals surface area contributed by atoms with Gasteiger partial charge in [0.15, 0.2) is 6.71 Å². The summed E-state index contributed by atoms with van der Waals surface area (Å²) in [6.07, 6.45) is 0.284. The molecule has 4 nitrogen and oxygen atoms in total. The topological polar surface area (TPSA) is 36.9 Å². The summed E-state index contributed by atoms with van der Waals surface area (Å²) in [6, 6.07) is 52.6. The van der Waals surface area contributed by atoms with Crippen molar-refractivity contribution in [3.05, 3.63) is 174 Å². The van der Waals surface area contributed by atoms with Crippen molar-refractivity contribution in [1.29, 1.82) is 0 Å². The van der Waals surface area contributed by atoms with E-state index in [0.29, 0.717) is 33.0 Å². The van der Waals surface area contributed by atoms with Crippen LogP contribution in [0.3, 0.4) is 0 Å². The monoisotopic (exact) mass is 608 g/mol. The minimum Gasteiger partial charge on any atom is -0.377 e. The first-order chi connectivity index (χ1) is 22.8. The molecular formula is C41H41BO4. The molecule has 2 bridgehead atoms. The first-order valence-electron chi connectivity index (χ1n) is 16.4. The lowest BCUT2D eigenvalue weighted by Gasteiger charge is -2.65. The summed E-state index contributed by atoms with van der Waals surface area (Å²) >= 11 is 0. The minimum absolute atomic E-state index is 0.147. The first-order valence-corrected chi connectivity index (χ1v) is 16.4. The molecule has 0 aromatic heterocycles. The minimum atomic E-state index is -0.274. The highest BCUT2D eigenvalue weighted by molar-refractivity contribution is 6.81. The quantitative estimate of drug-likeness (QED) is 0.120. The van der Waals surface area contributed by atoms with Crippen molar-refractivity contribution in [2.24, 2.45) is 0 Å². The van der Waals surface area contributed by atoms with Gasteiger partial charge in [0.1, 0.15) is 6.10 Å². The summed E-state index contributed by atoms with van der Waals surface area (Å²) in [5, 5.41) is -0.274. The van der Waals surface area contributed by atoms with E-state index in [1.807, 2.05) is 24.3 Å². The molecule has 232 valence electrons. The zero-order valence-corrected chi connectivity index (χ0v) is 26.2. The van der Waals surface area contributed by atoms with E-state index in [1.165, 1.54) is 11.0 Å². The molecule has 0 aliphatic carbocycles. The molecule has 2 saturated heterocycles. The molecule has 2 aliphatic rings. The van der Waals surface area contributed by atoms with Crippen LogP contribution >= 0.6 is 0 Å². The Kier molecular flexibility index (Phi) is 9.74. The molecule has 5 aromatic rings. The standard InChI is InChI=1S/C41H41BO4/c1-6-16-32(17-7-1)27-43-31-41-26-37(42(41)36-24-14-5-15-25-36)38(44-28-33-18-8-2-9-19-33)39(45-29-34-20-10-3-11-21-34)40(41)46-30-35-22-12-4-13-23-35/h1-25,37-40H,26-31H2/t37-,38+,39+,40-,41-/m0/s1. The van der Waals surface area contributed by atoms with Gasteiger partial charge in [0.25, 0.3) is 0 Å². The molecule has 5 aromatic carbocycles. The fourth-order valence-corrected chi connectivity index (χ4v) is 7.65. The normalized spacial score (nSPS) is 23.5. The number of fused-ring (bicyclic) bond motifs is 2. The average Bonchev–Trinajstić information content (AvgIpc) is 3.11. The average molecular weight is 609 g/mol. The van der Waals surface area contributed by atoms with Crippen LogP contribution in [0.5, 0.6) is 0 Å². The second-order valence-corrected chi connectivity index (χ2v) is 12.7. The Labute approximate surface area is 273 Å². The molecule has 0 amide bonds. The summed E-state index contributed by atoms with van der Waals surface area (Å²) in [5.74, 6) is 0.267. The van der Waals surface area contributed by atoms with Gasteiger partial charge in [-0.1, -0.05) is 157 Å². The molecule has 2 heterocycles. The molecule has 0 N–H and O–H groups in total. The number of benzene rings is 5. The van der Waals surface area contributed by atoms with Crippen LogP contribution < -0.4 is 5.46 Å². The third-order valence-corrected chi connectivity index (χ3v) is 9.76. The van der Waals surface area contributed by atoms with Crippen molar-refractivity contribution in [2.75, 3.05) is 6.61 Å². The number of hydrogen-bond acceptors (Lipinski definition) is 4. The van der Waals surface area contributed by atoms with E-state index < -0.39 is 0 Å². The molecule has 0 radical (unpaired) electrons. The second-order valence-electron chi connectivity index (χ2n) is 12.7. The van der Waals surface area contributed by atoms with Crippen molar-refractivity contribution >= 4 is 12.2 Å². The van der Waals surface area contributed by atoms with E-state index in [4.69, 9.17) is 18.9 Å². The van der Waals surface area contributed by atoms with Crippen LogP contribution in [0.25, 0.3) is 0 Å². The third kappa shape index (κ3) is 6.74. The van der Waals surface area contributed by atoms with Gasteiger partial charge in [0.05, 0.1) is 38.6 Å². The second kappa shape index (κ2) is 14.6. The summed E-state index contributed by atoms with van der Waals surface area (Å²) in [5.41, 5.74) is 5.92. The van der Waals surface area contributed by atoms with Gasteiger partial charge in [0.2, 0.25) is 0 Å². The lowest BCUT2D eigenvalue weighted by atomic mass is 9.10. The van der Waals surface area contributed by atoms with Crippen LogP contribution in [-0.4, -0.2) is 31.6 Å². The highest BCUT2D eigenvalue weighted by atomic mass is 16.6. The maximum atomic E-state index is 7.08. The summed E-state index contributed by atoms with van der Waals surface area (Å²) in [7, 11) is 0. The first kappa shape index (κ1) is 30.6. The summed E-state index contributed by atoms with van der Waals surface area (Å²) in [4.78, 5) is 0. The summed E-state index contributed by atoms with van der Waals surface area (Å²) in [6.45, 7) is 2.86. The smallest absolute Gasteiger partial charge is 0.193 e. The molecule has 46 heavy (non-hydrogen) atoms. The Balaban J connectivity index is 1.25. The van der Waals surface area contributed by atoms with Crippen LogP contribution in [0.1, 0.15) is 28.7 Å². The Morgan fingerprint density at radius 2 is 0.891 bits per heavy atom. The van der Waals surface area contributed by atoms with Crippen LogP contribution in [0.2, 0.25) is 11.1 Å². The molecule has 5 heteroatoms. The highest BCUT2D eigenvalue weighted by Gasteiger charge is 2.71. The Morgan fingerprint density at radius 1 is 0.478 bits per heavy atom. The van der Waals surface area contributed by atoms with Crippen molar-refractivity contribution in [3.63, 3.8) is 0 Å². The molecule has 2 aliphatic heterocycles. The van der Waals surface area contributed by atoms with Gasteiger partial charge in [-0.25, -0.2) is 0 Å². The van der Waals surface area contributed by atoms with Gasteiger partial charge in [-0.3, -0.25) is 0 Å². The Hall–Kier alpha value is -4.00. The molecule has 7 rings (SSSR count). The molecule has 2 fully saturated rings. The predicted octanol–water partition coefficient (Wildman–Crippen LogP) is 7.89. The third-order valence-electron chi connectivity index (χ3n) is 9.76. The van der Waals surface area contributed by atoms with E-state index in [-0.39, 0.29) is 36.2 Å². The fourth-order valence-electron chi connectivity index (χ4n) is 7.65. The van der Waals surface area contributed by atoms with Crippen molar-refractivity contribution in [3.8, 4) is 0 Å². The van der Waals surface area contributed by atoms with Gasteiger partial charge >= 0.3 is 0 Å². The molecule has 0 unspecified atom stereocenters. The van der Waals surface area contributed by atoms with Crippen LogP contribution in [-0.2, 0) is 45.4 Å². The van der Waals surface area contributed by atoms with E-state index in [0.717, 1.165) is 23.1 Å². The van der Waals surface area contributed by atoms with Crippen molar-refractivity contribution < 1.29 is 18.9 Å². The number of rotatable bonds is 14. The number of ether oxygens (including phenoxy) is 4. The maximum absolute atomic E-state index is 7.08. The Morgan fingerprint density at radius 3 is 1.39 bits per heavy atom. The zero-order valence-electron chi connectivity index (χ0n) is 26.2. The summed E-state index contributed by atoms with van der Waals surface area (Å²) < 4.78 is 27.6. The number of hydrogen-bond donors (Lipinski definition) is 0. The fraction of sp³-hybridized carbons (Fsp3) is 0.268. The van der Waals surface area contributed by atoms with Crippen LogP contribution in [0.4, 0.5) is 0 Å². The van der Waals surface area contributed by atoms with Gasteiger partial charge < -0.3 is 18.9 Å². The van der Waals surface area contributed by atoms with Crippen LogP contribution in [0, 0.1) is 0 Å². The van der Waals surface area contributed by atoms with Crippen LogP contribution in [0.15, 0.2) is 152 Å². The predicted molar refractivity (Wildman–Crippen MR) is 184 cm³/mol. The van der Waals surface area contributed by atoms with Gasteiger partial charge in [-0.05, 0) is 34.5 Å². The van der Waals surface area contributed by atoms with E-state index in [1.54, 1.807) is 0 Å². The highest BCUT2D eigenvalue weighted by Crippen LogP contribution is 2.65. The lowest BCUT2D eigenvalue weighted by Crippen LogP contribution is -2.74. The SMILES string of the molecule is c1ccc(COC[C@]23C[C@H](B2c2ccccc2)[C@@H](OCc2ccccc2)[C@@H](OCc2ccccc2)[C@@H]3OCc2ccccc2)cc1. The van der Waals surface area contributed by atoms with Gasteiger partial charge in [-0.15, -0.1) is 0 Å². The molecule has 0 spiro atoms. The van der Waals surface area contributed by atoms with Gasteiger partial charge in [0, 0.05) is 11.9 Å². The zero-order chi connectivity index (χ0) is 31.0. The molecular weight excluding hydrogens is 567 g/mol. The largest absolute Gasteiger partial charge is 0.377 e. The molecule has 5 atom stereocenters.